The van der Waals surface area contributed by atoms with Crippen LogP contribution in [0, 0.1) is 23.7 Å². The van der Waals surface area contributed by atoms with Crippen LogP contribution in [0.4, 0.5) is 5.69 Å². The minimum absolute atomic E-state index is 0.0866. The standard InChI is InChI=1S/C24H19NO3/c26-20(16-6-2-1-3-7-16)12-9-15-5-4-8-19(13-15)25-23(27)21-17-10-11-18(14-17)22(21)24(25)28/h1-13,17-18,21-22H,14H2/b12-9-. The van der Waals surface area contributed by atoms with Crippen molar-refractivity contribution in [3.8, 4) is 0 Å². The van der Waals surface area contributed by atoms with Gasteiger partial charge < -0.3 is 0 Å². The highest BCUT2D eigenvalue weighted by Crippen LogP contribution is 2.53. The largest absolute Gasteiger partial charge is 0.289 e. The highest BCUT2D eigenvalue weighted by Gasteiger charge is 2.59. The van der Waals surface area contributed by atoms with Gasteiger partial charge in [-0.25, -0.2) is 4.90 Å². The molecule has 2 amide bonds. The van der Waals surface area contributed by atoms with Gasteiger partial charge in [-0.2, -0.15) is 0 Å². The van der Waals surface area contributed by atoms with Crippen molar-refractivity contribution in [2.24, 2.45) is 23.7 Å². The van der Waals surface area contributed by atoms with Gasteiger partial charge in [-0.1, -0.05) is 60.7 Å². The summed E-state index contributed by atoms with van der Waals surface area (Å²) >= 11 is 0. The normalized spacial score (nSPS) is 27.8. The SMILES string of the molecule is O=C(/C=C\c1cccc(N2C(=O)C3C4C=CC(C4)C3C2=O)c1)c1ccccc1. The predicted molar refractivity (Wildman–Crippen MR) is 106 cm³/mol. The summed E-state index contributed by atoms with van der Waals surface area (Å²) in [5.41, 5.74) is 1.98. The van der Waals surface area contributed by atoms with Crippen LogP contribution in [0.15, 0.2) is 72.8 Å². The lowest BCUT2D eigenvalue weighted by molar-refractivity contribution is -0.123. The van der Waals surface area contributed by atoms with Gasteiger partial charge in [0.15, 0.2) is 5.78 Å². The highest BCUT2D eigenvalue weighted by atomic mass is 16.2. The number of hydrogen-bond acceptors (Lipinski definition) is 3. The van der Waals surface area contributed by atoms with Crippen molar-refractivity contribution in [1.29, 1.82) is 0 Å². The number of rotatable bonds is 4. The quantitative estimate of drug-likeness (QED) is 0.356. The minimum Gasteiger partial charge on any atom is -0.289 e. The average molecular weight is 369 g/mol. The molecular formula is C24H19NO3. The summed E-state index contributed by atoms with van der Waals surface area (Å²) < 4.78 is 0. The number of allylic oxidation sites excluding steroid dienone is 3. The second-order valence-corrected chi connectivity index (χ2v) is 7.67. The first-order valence-corrected chi connectivity index (χ1v) is 9.57. The van der Waals surface area contributed by atoms with Gasteiger partial charge in [0.1, 0.15) is 0 Å². The first-order valence-electron chi connectivity index (χ1n) is 9.57. The monoisotopic (exact) mass is 369 g/mol. The van der Waals surface area contributed by atoms with Gasteiger partial charge in [0.2, 0.25) is 11.8 Å². The summed E-state index contributed by atoms with van der Waals surface area (Å²) in [4.78, 5) is 39.5. The smallest absolute Gasteiger partial charge is 0.238 e. The van der Waals surface area contributed by atoms with Gasteiger partial charge in [0, 0.05) is 5.56 Å². The van der Waals surface area contributed by atoms with Gasteiger partial charge in [0.05, 0.1) is 17.5 Å². The van der Waals surface area contributed by atoms with Gasteiger partial charge in [-0.05, 0) is 42.0 Å². The maximum Gasteiger partial charge on any atom is 0.238 e. The molecule has 2 aliphatic carbocycles. The van der Waals surface area contributed by atoms with Crippen LogP contribution in [-0.4, -0.2) is 17.6 Å². The zero-order chi connectivity index (χ0) is 19.3. The van der Waals surface area contributed by atoms with E-state index in [1.165, 1.54) is 11.0 Å². The Hall–Kier alpha value is -3.27. The lowest BCUT2D eigenvalue weighted by Crippen LogP contribution is -2.32. The molecule has 0 aromatic heterocycles. The fraction of sp³-hybridized carbons (Fsp3) is 0.208. The lowest BCUT2D eigenvalue weighted by Gasteiger charge is -2.17. The van der Waals surface area contributed by atoms with E-state index in [0.717, 1.165) is 12.0 Å². The van der Waals surface area contributed by atoms with E-state index in [1.54, 1.807) is 30.3 Å². The number of anilines is 1. The average Bonchev–Trinajstić information content (AvgIpc) is 3.41. The molecule has 1 heterocycles. The van der Waals surface area contributed by atoms with Gasteiger partial charge >= 0.3 is 0 Å². The predicted octanol–water partition coefficient (Wildman–Crippen LogP) is 3.89. The van der Waals surface area contributed by atoms with Crippen molar-refractivity contribution >= 4 is 29.4 Å². The van der Waals surface area contributed by atoms with Crippen molar-refractivity contribution in [3.05, 3.63) is 84.0 Å². The van der Waals surface area contributed by atoms with E-state index in [0.29, 0.717) is 11.3 Å². The first-order chi connectivity index (χ1) is 13.6. The fourth-order valence-corrected chi connectivity index (χ4v) is 4.79. The third-order valence-corrected chi connectivity index (χ3v) is 6.08. The number of carbonyl (C=O) groups is 3. The Morgan fingerprint density at radius 2 is 1.57 bits per heavy atom. The Morgan fingerprint density at radius 1 is 0.893 bits per heavy atom. The van der Waals surface area contributed by atoms with Crippen molar-refractivity contribution in [2.75, 3.05) is 4.90 Å². The zero-order valence-corrected chi connectivity index (χ0v) is 15.2. The van der Waals surface area contributed by atoms with E-state index in [-0.39, 0.29) is 41.3 Å². The molecule has 4 atom stereocenters. The summed E-state index contributed by atoms with van der Waals surface area (Å²) in [5.74, 6) is -0.285. The highest BCUT2D eigenvalue weighted by molar-refractivity contribution is 6.23. The zero-order valence-electron chi connectivity index (χ0n) is 15.2. The third kappa shape index (κ3) is 2.56. The molecule has 0 N–H and O–H groups in total. The van der Waals surface area contributed by atoms with Gasteiger partial charge in [0.25, 0.3) is 0 Å². The fourth-order valence-electron chi connectivity index (χ4n) is 4.79. The molecule has 138 valence electrons. The summed E-state index contributed by atoms with van der Waals surface area (Å²) in [5, 5.41) is 0. The van der Waals surface area contributed by atoms with Crippen molar-refractivity contribution in [3.63, 3.8) is 0 Å². The maximum atomic E-state index is 12.9. The molecule has 3 aliphatic rings. The van der Waals surface area contributed by atoms with E-state index >= 15 is 0 Å². The number of amides is 2. The van der Waals surface area contributed by atoms with Crippen LogP contribution in [0.2, 0.25) is 0 Å². The van der Waals surface area contributed by atoms with Crippen LogP contribution in [-0.2, 0) is 9.59 Å². The molecule has 4 heteroatoms. The molecule has 4 unspecified atom stereocenters. The maximum absolute atomic E-state index is 12.9. The van der Waals surface area contributed by atoms with E-state index in [2.05, 4.69) is 12.2 Å². The van der Waals surface area contributed by atoms with Gasteiger partial charge in [-0.15, -0.1) is 0 Å². The second kappa shape index (κ2) is 6.41. The van der Waals surface area contributed by atoms with Crippen molar-refractivity contribution in [1.82, 2.24) is 0 Å². The summed E-state index contributed by atoms with van der Waals surface area (Å²) in [6.45, 7) is 0. The van der Waals surface area contributed by atoms with Crippen LogP contribution in [0.5, 0.6) is 0 Å². The Morgan fingerprint density at radius 3 is 2.25 bits per heavy atom. The molecule has 0 spiro atoms. The lowest BCUT2D eigenvalue weighted by atomic mass is 9.85. The minimum atomic E-state index is -0.207. The molecular weight excluding hydrogens is 350 g/mol. The van der Waals surface area contributed by atoms with Crippen LogP contribution >= 0.6 is 0 Å². The molecule has 0 radical (unpaired) electrons. The Balaban J connectivity index is 1.39. The number of hydrogen-bond donors (Lipinski definition) is 0. The third-order valence-electron chi connectivity index (χ3n) is 6.08. The molecule has 1 aliphatic heterocycles. The molecule has 1 saturated heterocycles. The number of benzene rings is 2. The number of ketones is 1. The molecule has 5 rings (SSSR count). The summed E-state index contributed by atoms with van der Waals surface area (Å²) in [6, 6.07) is 16.3. The molecule has 28 heavy (non-hydrogen) atoms. The first kappa shape index (κ1) is 16.9. The summed E-state index contributed by atoms with van der Waals surface area (Å²) in [7, 11) is 0. The van der Waals surface area contributed by atoms with E-state index in [4.69, 9.17) is 0 Å². The van der Waals surface area contributed by atoms with Gasteiger partial charge in [-0.3, -0.25) is 14.4 Å². The molecule has 4 nitrogen and oxygen atoms in total. The van der Waals surface area contributed by atoms with E-state index < -0.39 is 0 Å². The Kier molecular flexibility index (Phi) is 3.86. The number of nitrogens with zero attached hydrogens (tertiary/aromatic N) is 1. The topological polar surface area (TPSA) is 54.5 Å². The second-order valence-electron chi connectivity index (χ2n) is 7.67. The Labute approximate surface area is 163 Å². The molecule has 2 aromatic carbocycles. The molecule has 1 saturated carbocycles. The van der Waals surface area contributed by atoms with Crippen LogP contribution in [0.1, 0.15) is 22.3 Å². The number of imide groups is 1. The van der Waals surface area contributed by atoms with Crippen LogP contribution in [0.3, 0.4) is 0 Å². The Bertz CT molecular complexity index is 1010. The van der Waals surface area contributed by atoms with E-state index in [1.807, 2.05) is 30.3 Å². The van der Waals surface area contributed by atoms with Crippen molar-refractivity contribution in [2.45, 2.75) is 6.42 Å². The molecule has 2 fully saturated rings. The van der Waals surface area contributed by atoms with Crippen LogP contribution < -0.4 is 4.90 Å². The number of fused-ring (bicyclic) bond motifs is 5. The number of carbonyl (C=O) groups excluding carboxylic acids is 3. The summed E-state index contributed by atoms with van der Waals surface area (Å²) in [6.07, 6.45) is 8.34. The van der Waals surface area contributed by atoms with Crippen LogP contribution in [0.25, 0.3) is 6.08 Å². The molecule has 2 aromatic rings. The van der Waals surface area contributed by atoms with E-state index in [9.17, 15) is 14.4 Å². The van der Waals surface area contributed by atoms with Crippen molar-refractivity contribution < 1.29 is 14.4 Å². The molecule has 2 bridgehead atoms.